The molecule has 1 unspecified atom stereocenters. The third-order valence-electron chi connectivity index (χ3n) is 4.12. The van der Waals surface area contributed by atoms with Gasteiger partial charge in [-0.2, -0.15) is 0 Å². The number of benzene rings is 1. The molecule has 0 aliphatic carbocycles. The predicted octanol–water partition coefficient (Wildman–Crippen LogP) is 2.24. The summed E-state index contributed by atoms with van der Waals surface area (Å²) in [4.78, 5) is 14.9. The first-order chi connectivity index (χ1) is 9.99. The molecule has 1 aliphatic rings. The van der Waals surface area contributed by atoms with E-state index >= 15 is 0 Å². The van der Waals surface area contributed by atoms with Gasteiger partial charge in [0.15, 0.2) is 5.78 Å². The van der Waals surface area contributed by atoms with Gasteiger partial charge >= 0.3 is 0 Å². The van der Waals surface area contributed by atoms with Crippen LogP contribution in [0.4, 0.5) is 0 Å². The molecule has 0 saturated carbocycles. The van der Waals surface area contributed by atoms with Crippen molar-refractivity contribution in [1.29, 1.82) is 0 Å². The van der Waals surface area contributed by atoms with Crippen molar-refractivity contribution >= 4 is 5.78 Å². The van der Waals surface area contributed by atoms with Crippen molar-refractivity contribution in [3.63, 3.8) is 0 Å². The molecule has 1 aromatic carbocycles. The summed E-state index contributed by atoms with van der Waals surface area (Å²) in [6.45, 7) is 10.8. The fourth-order valence-corrected chi connectivity index (χ4v) is 2.82. The molecule has 0 spiro atoms. The van der Waals surface area contributed by atoms with Crippen LogP contribution in [0.2, 0.25) is 0 Å². The highest BCUT2D eigenvalue weighted by Crippen LogP contribution is 2.27. The van der Waals surface area contributed by atoms with Gasteiger partial charge in [0, 0.05) is 44.2 Å². The molecule has 0 amide bonds. The Morgan fingerprint density at radius 1 is 1.29 bits per heavy atom. The third kappa shape index (κ3) is 4.05. The van der Waals surface area contributed by atoms with Gasteiger partial charge in [0.2, 0.25) is 0 Å². The number of phenolic OH excluding ortho intramolecular Hbond substituents is 1. The fourth-order valence-electron chi connectivity index (χ4n) is 2.82. The Kier molecular flexibility index (Phi) is 5.37. The monoisotopic (exact) mass is 290 g/mol. The standard InChI is InChI=1S/C17H26N2O2/c1-12(2)15-10-14(4-5-16(15)20)17(21)13(3)11-19-8-6-18-7-9-19/h4-5,10,12-13,18,20H,6-9,11H2,1-3H3. The number of rotatable bonds is 5. The van der Waals surface area contributed by atoms with E-state index in [1.165, 1.54) is 0 Å². The Morgan fingerprint density at radius 3 is 2.57 bits per heavy atom. The van der Waals surface area contributed by atoms with Crippen LogP contribution in [0, 0.1) is 5.92 Å². The smallest absolute Gasteiger partial charge is 0.166 e. The first-order valence-electron chi connectivity index (χ1n) is 7.79. The zero-order valence-corrected chi connectivity index (χ0v) is 13.2. The third-order valence-corrected chi connectivity index (χ3v) is 4.12. The summed E-state index contributed by atoms with van der Waals surface area (Å²) in [7, 11) is 0. The molecule has 1 aliphatic heterocycles. The van der Waals surface area contributed by atoms with Gasteiger partial charge in [-0.1, -0.05) is 20.8 Å². The number of phenols is 1. The first-order valence-corrected chi connectivity index (χ1v) is 7.79. The molecule has 0 radical (unpaired) electrons. The van der Waals surface area contributed by atoms with Crippen LogP contribution in [-0.2, 0) is 0 Å². The highest BCUT2D eigenvalue weighted by atomic mass is 16.3. The molecule has 2 N–H and O–H groups in total. The molecule has 4 nitrogen and oxygen atoms in total. The van der Waals surface area contributed by atoms with Crippen LogP contribution < -0.4 is 5.32 Å². The van der Waals surface area contributed by atoms with Gasteiger partial charge in [-0.3, -0.25) is 4.79 Å². The summed E-state index contributed by atoms with van der Waals surface area (Å²) < 4.78 is 0. The minimum atomic E-state index is -0.0207. The summed E-state index contributed by atoms with van der Waals surface area (Å²) in [5.74, 6) is 0.626. The normalized spacial score (nSPS) is 17.9. The topological polar surface area (TPSA) is 52.6 Å². The van der Waals surface area contributed by atoms with Gasteiger partial charge in [0.25, 0.3) is 0 Å². The number of hydrogen-bond acceptors (Lipinski definition) is 4. The van der Waals surface area contributed by atoms with E-state index in [1.54, 1.807) is 12.1 Å². The number of nitrogens with zero attached hydrogens (tertiary/aromatic N) is 1. The minimum absolute atomic E-state index is 0.0207. The highest BCUT2D eigenvalue weighted by molar-refractivity contribution is 5.98. The maximum atomic E-state index is 12.6. The molecule has 1 fully saturated rings. The molecule has 1 atom stereocenters. The molecule has 2 rings (SSSR count). The molecule has 4 heteroatoms. The molecular formula is C17H26N2O2. The van der Waals surface area contributed by atoms with E-state index in [9.17, 15) is 9.90 Å². The Morgan fingerprint density at radius 2 is 1.95 bits per heavy atom. The van der Waals surface area contributed by atoms with Crippen LogP contribution >= 0.6 is 0 Å². The Bertz CT molecular complexity index is 494. The molecule has 1 aromatic rings. The second-order valence-electron chi connectivity index (χ2n) is 6.24. The van der Waals surface area contributed by atoms with Crippen LogP contribution in [0.15, 0.2) is 18.2 Å². The Balaban J connectivity index is 2.06. The van der Waals surface area contributed by atoms with Gasteiger partial charge in [-0.05, 0) is 29.7 Å². The van der Waals surface area contributed by atoms with Gasteiger partial charge in [-0.15, -0.1) is 0 Å². The van der Waals surface area contributed by atoms with E-state index in [2.05, 4.69) is 10.2 Å². The maximum absolute atomic E-state index is 12.6. The zero-order valence-electron chi connectivity index (χ0n) is 13.2. The number of aromatic hydroxyl groups is 1. The number of carbonyl (C=O) groups is 1. The molecule has 1 saturated heterocycles. The largest absolute Gasteiger partial charge is 0.508 e. The summed E-state index contributed by atoms with van der Waals surface area (Å²) in [6, 6.07) is 5.22. The lowest BCUT2D eigenvalue weighted by atomic mass is 9.93. The van der Waals surface area contributed by atoms with Crippen molar-refractivity contribution in [2.75, 3.05) is 32.7 Å². The molecule has 21 heavy (non-hydrogen) atoms. The maximum Gasteiger partial charge on any atom is 0.166 e. The molecular weight excluding hydrogens is 264 g/mol. The minimum Gasteiger partial charge on any atom is -0.508 e. The molecule has 1 heterocycles. The number of ketones is 1. The molecule has 116 valence electrons. The summed E-state index contributed by atoms with van der Waals surface area (Å²) in [6.07, 6.45) is 0. The van der Waals surface area contributed by atoms with E-state index in [-0.39, 0.29) is 23.4 Å². The van der Waals surface area contributed by atoms with Crippen LogP contribution in [0.3, 0.4) is 0 Å². The fraction of sp³-hybridized carbons (Fsp3) is 0.588. The highest BCUT2D eigenvalue weighted by Gasteiger charge is 2.21. The Labute approximate surface area is 127 Å². The van der Waals surface area contributed by atoms with Crippen LogP contribution in [0.1, 0.15) is 42.6 Å². The van der Waals surface area contributed by atoms with Crippen molar-refractivity contribution in [3.8, 4) is 5.75 Å². The SMILES string of the molecule is CC(CN1CCNCC1)C(=O)c1ccc(O)c(C(C)C)c1. The quantitative estimate of drug-likeness (QED) is 0.817. The van der Waals surface area contributed by atoms with Crippen molar-refractivity contribution in [2.24, 2.45) is 5.92 Å². The summed E-state index contributed by atoms with van der Waals surface area (Å²) in [5.41, 5.74) is 1.55. The number of piperazine rings is 1. The van der Waals surface area contributed by atoms with Crippen molar-refractivity contribution in [1.82, 2.24) is 10.2 Å². The second kappa shape index (κ2) is 7.05. The van der Waals surface area contributed by atoms with E-state index in [4.69, 9.17) is 0 Å². The zero-order chi connectivity index (χ0) is 15.4. The van der Waals surface area contributed by atoms with Gasteiger partial charge in [0.05, 0.1) is 0 Å². The van der Waals surface area contributed by atoms with Crippen molar-refractivity contribution < 1.29 is 9.90 Å². The Hall–Kier alpha value is -1.39. The lowest BCUT2D eigenvalue weighted by Gasteiger charge is -2.29. The summed E-state index contributed by atoms with van der Waals surface area (Å²) >= 11 is 0. The summed E-state index contributed by atoms with van der Waals surface area (Å²) in [5, 5.41) is 13.2. The molecule has 0 aromatic heterocycles. The van der Waals surface area contributed by atoms with Crippen LogP contribution in [-0.4, -0.2) is 48.5 Å². The number of Topliss-reactive ketones (excluding diaryl/α,β-unsaturated/α-hetero) is 1. The average Bonchev–Trinajstić information content (AvgIpc) is 2.47. The van der Waals surface area contributed by atoms with Gasteiger partial charge in [0.1, 0.15) is 5.75 Å². The van der Waals surface area contributed by atoms with Crippen LogP contribution in [0.25, 0.3) is 0 Å². The number of hydrogen-bond donors (Lipinski definition) is 2. The van der Waals surface area contributed by atoms with Gasteiger partial charge < -0.3 is 15.3 Å². The van der Waals surface area contributed by atoms with Crippen LogP contribution in [0.5, 0.6) is 5.75 Å². The molecule has 0 bridgehead atoms. The first kappa shape index (κ1) is 16.0. The van der Waals surface area contributed by atoms with E-state index in [0.29, 0.717) is 5.56 Å². The van der Waals surface area contributed by atoms with Gasteiger partial charge in [-0.25, -0.2) is 0 Å². The van der Waals surface area contributed by atoms with Crippen molar-refractivity contribution in [2.45, 2.75) is 26.7 Å². The van der Waals surface area contributed by atoms with Crippen molar-refractivity contribution in [3.05, 3.63) is 29.3 Å². The number of carbonyl (C=O) groups excluding carboxylic acids is 1. The number of nitrogens with one attached hydrogen (secondary N) is 1. The van der Waals surface area contributed by atoms with E-state index in [1.807, 2.05) is 26.8 Å². The average molecular weight is 290 g/mol. The lowest BCUT2D eigenvalue weighted by Crippen LogP contribution is -2.45. The lowest BCUT2D eigenvalue weighted by molar-refractivity contribution is 0.0887. The second-order valence-corrected chi connectivity index (χ2v) is 6.24. The van der Waals surface area contributed by atoms with E-state index in [0.717, 1.165) is 38.3 Å². The van der Waals surface area contributed by atoms with E-state index < -0.39 is 0 Å². The predicted molar refractivity (Wildman–Crippen MR) is 85.0 cm³/mol.